The molecular formula is C15H20O4. The Balaban J connectivity index is 2.48. The minimum absolute atomic E-state index is 0.409. The molecule has 4 heteroatoms. The second-order valence-electron chi connectivity index (χ2n) is 5.35. The number of hydrogen-bond acceptors (Lipinski definition) is 3. The van der Waals surface area contributed by atoms with Gasteiger partial charge >= 0.3 is 5.97 Å². The number of aliphatic carboxylic acids is 1. The number of hydrogen-bond donors (Lipinski definition) is 1. The highest BCUT2D eigenvalue weighted by molar-refractivity contribution is 5.72. The summed E-state index contributed by atoms with van der Waals surface area (Å²) in [6.45, 7) is 6.64. The van der Waals surface area contributed by atoms with Gasteiger partial charge < -0.3 is 14.6 Å². The molecule has 0 aromatic heterocycles. The fraction of sp³-hybridized carbons (Fsp3) is 0.533. The summed E-state index contributed by atoms with van der Waals surface area (Å²) < 4.78 is 10.7. The lowest BCUT2D eigenvalue weighted by molar-refractivity contribution is -0.155. The Morgan fingerprint density at radius 3 is 2.21 bits per heavy atom. The lowest BCUT2D eigenvalue weighted by Crippen LogP contribution is -2.54. The van der Waals surface area contributed by atoms with Gasteiger partial charge in [0.05, 0.1) is 31.7 Å². The van der Waals surface area contributed by atoms with Gasteiger partial charge in [0, 0.05) is 0 Å². The third kappa shape index (κ3) is 2.10. The van der Waals surface area contributed by atoms with Gasteiger partial charge in [-0.05, 0) is 30.5 Å². The van der Waals surface area contributed by atoms with Crippen LogP contribution in [0.25, 0.3) is 0 Å². The molecule has 0 saturated carbocycles. The van der Waals surface area contributed by atoms with E-state index in [0.29, 0.717) is 13.2 Å². The first-order valence-corrected chi connectivity index (χ1v) is 6.38. The molecule has 1 aliphatic rings. The van der Waals surface area contributed by atoms with Crippen LogP contribution in [-0.2, 0) is 14.9 Å². The van der Waals surface area contributed by atoms with E-state index in [4.69, 9.17) is 9.47 Å². The summed E-state index contributed by atoms with van der Waals surface area (Å²) in [6.07, 6.45) is 0. The Bertz CT molecular complexity index is 480. The van der Waals surface area contributed by atoms with E-state index in [-0.39, 0.29) is 0 Å². The largest absolute Gasteiger partial charge is 0.496 e. The minimum Gasteiger partial charge on any atom is -0.496 e. The van der Waals surface area contributed by atoms with Crippen molar-refractivity contribution in [2.45, 2.75) is 26.2 Å². The number of rotatable bonds is 4. The van der Waals surface area contributed by atoms with Crippen LogP contribution in [0.3, 0.4) is 0 Å². The lowest BCUT2D eigenvalue weighted by atomic mass is 9.68. The van der Waals surface area contributed by atoms with E-state index < -0.39 is 17.3 Å². The summed E-state index contributed by atoms with van der Waals surface area (Å²) in [5, 5.41) is 9.30. The monoisotopic (exact) mass is 264 g/mol. The topological polar surface area (TPSA) is 55.8 Å². The SMILES string of the molecule is COc1c(C)cc(C2(C(C)C(=O)O)COC2)cc1C. The van der Waals surface area contributed by atoms with Crippen molar-refractivity contribution in [3.8, 4) is 5.75 Å². The summed E-state index contributed by atoms with van der Waals surface area (Å²) in [6, 6.07) is 4.04. The quantitative estimate of drug-likeness (QED) is 0.906. The molecule has 1 N–H and O–H groups in total. The molecule has 0 radical (unpaired) electrons. The van der Waals surface area contributed by atoms with Crippen LogP contribution in [0.15, 0.2) is 12.1 Å². The number of benzene rings is 1. The maximum absolute atomic E-state index is 11.3. The number of carboxylic acid groups (broad SMARTS) is 1. The second kappa shape index (κ2) is 4.85. The molecule has 0 bridgehead atoms. The van der Waals surface area contributed by atoms with Gasteiger partial charge in [0.25, 0.3) is 0 Å². The predicted octanol–water partition coefficient (Wildman–Crippen LogP) is 2.30. The van der Waals surface area contributed by atoms with Crippen molar-refractivity contribution in [2.24, 2.45) is 5.92 Å². The highest BCUT2D eigenvalue weighted by atomic mass is 16.5. The molecule has 0 spiro atoms. The van der Waals surface area contributed by atoms with Crippen LogP contribution in [0.2, 0.25) is 0 Å². The number of carbonyl (C=O) groups is 1. The summed E-state index contributed by atoms with van der Waals surface area (Å²) >= 11 is 0. The second-order valence-corrected chi connectivity index (χ2v) is 5.35. The van der Waals surface area contributed by atoms with Gasteiger partial charge in [0.2, 0.25) is 0 Å². The average Bonchev–Trinajstić information content (AvgIpc) is 2.26. The molecule has 1 aromatic rings. The molecule has 1 heterocycles. The zero-order chi connectivity index (χ0) is 14.2. The normalized spacial score (nSPS) is 18.5. The fourth-order valence-corrected chi connectivity index (χ4v) is 2.78. The third-order valence-corrected chi connectivity index (χ3v) is 4.16. The number of carboxylic acids is 1. The molecule has 4 nitrogen and oxygen atoms in total. The van der Waals surface area contributed by atoms with Crippen molar-refractivity contribution in [3.63, 3.8) is 0 Å². The van der Waals surface area contributed by atoms with Crippen molar-refractivity contribution < 1.29 is 19.4 Å². The fourth-order valence-electron chi connectivity index (χ4n) is 2.78. The first-order chi connectivity index (χ1) is 8.92. The van der Waals surface area contributed by atoms with Crippen LogP contribution in [0.5, 0.6) is 5.75 Å². The Morgan fingerprint density at radius 1 is 1.37 bits per heavy atom. The predicted molar refractivity (Wildman–Crippen MR) is 71.8 cm³/mol. The van der Waals surface area contributed by atoms with E-state index in [1.165, 1.54) is 0 Å². The Morgan fingerprint density at radius 2 is 1.89 bits per heavy atom. The smallest absolute Gasteiger partial charge is 0.307 e. The Labute approximate surface area is 113 Å². The molecule has 1 fully saturated rings. The van der Waals surface area contributed by atoms with Crippen LogP contribution in [0.1, 0.15) is 23.6 Å². The molecule has 0 amide bonds. The molecule has 1 aliphatic heterocycles. The van der Waals surface area contributed by atoms with Gasteiger partial charge in [0.15, 0.2) is 0 Å². The molecule has 1 aromatic carbocycles. The number of methoxy groups -OCH3 is 1. The highest BCUT2D eigenvalue weighted by Crippen LogP contribution is 2.41. The maximum Gasteiger partial charge on any atom is 0.307 e. The zero-order valence-corrected chi connectivity index (χ0v) is 11.8. The summed E-state index contributed by atoms with van der Waals surface area (Å²) in [4.78, 5) is 11.3. The van der Waals surface area contributed by atoms with Crippen LogP contribution < -0.4 is 4.74 Å². The summed E-state index contributed by atoms with van der Waals surface area (Å²) in [5.41, 5.74) is 2.68. The molecule has 0 aliphatic carbocycles. The first kappa shape index (κ1) is 13.9. The molecule has 19 heavy (non-hydrogen) atoms. The highest BCUT2D eigenvalue weighted by Gasteiger charge is 2.48. The standard InChI is InChI=1S/C15H20O4/c1-9-5-12(6-10(2)13(9)18-4)15(7-19-8-15)11(3)14(16)17/h5-6,11H,7-8H2,1-4H3,(H,16,17). The van der Waals surface area contributed by atoms with Crippen molar-refractivity contribution in [2.75, 3.05) is 20.3 Å². The van der Waals surface area contributed by atoms with Crippen molar-refractivity contribution in [1.82, 2.24) is 0 Å². The van der Waals surface area contributed by atoms with Crippen molar-refractivity contribution in [3.05, 3.63) is 28.8 Å². The molecule has 1 atom stereocenters. The Kier molecular flexibility index (Phi) is 3.54. The van der Waals surface area contributed by atoms with Crippen molar-refractivity contribution >= 4 is 5.97 Å². The third-order valence-electron chi connectivity index (χ3n) is 4.16. The van der Waals surface area contributed by atoms with Gasteiger partial charge in [-0.2, -0.15) is 0 Å². The molecule has 1 saturated heterocycles. The molecular weight excluding hydrogens is 244 g/mol. The number of aryl methyl sites for hydroxylation is 2. The Hall–Kier alpha value is -1.55. The number of ether oxygens (including phenoxy) is 2. The average molecular weight is 264 g/mol. The van der Waals surface area contributed by atoms with Gasteiger partial charge in [-0.1, -0.05) is 19.1 Å². The lowest BCUT2D eigenvalue weighted by Gasteiger charge is -2.45. The zero-order valence-electron chi connectivity index (χ0n) is 11.8. The molecule has 1 unspecified atom stereocenters. The molecule has 104 valence electrons. The van der Waals surface area contributed by atoms with Gasteiger partial charge in [-0.25, -0.2) is 0 Å². The van der Waals surface area contributed by atoms with E-state index >= 15 is 0 Å². The van der Waals surface area contributed by atoms with E-state index in [2.05, 4.69) is 0 Å². The molecule has 2 rings (SSSR count). The van der Waals surface area contributed by atoms with Crippen LogP contribution in [0.4, 0.5) is 0 Å². The van der Waals surface area contributed by atoms with E-state index in [0.717, 1.165) is 22.4 Å². The minimum atomic E-state index is -0.783. The van der Waals surface area contributed by atoms with Gasteiger partial charge in [-0.15, -0.1) is 0 Å². The van der Waals surface area contributed by atoms with E-state index in [1.54, 1.807) is 14.0 Å². The van der Waals surface area contributed by atoms with Gasteiger partial charge in [0.1, 0.15) is 5.75 Å². The van der Waals surface area contributed by atoms with E-state index in [9.17, 15) is 9.90 Å². The summed E-state index contributed by atoms with van der Waals surface area (Å²) in [5.74, 6) is -0.384. The van der Waals surface area contributed by atoms with E-state index in [1.807, 2.05) is 26.0 Å². The van der Waals surface area contributed by atoms with Crippen LogP contribution in [0, 0.1) is 19.8 Å². The summed E-state index contributed by atoms with van der Waals surface area (Å²) in [7, 11) is 1.65. The van der Waals surface area contributed by atoms with Crippen LogP contribution in [-0.4, -0.2) is 31.4 Å². The first-order valence-electron chi connectivity index (χ1n) is 6.38. The maximum atomic E-state index is 11.3. The van der Waals surface area contributed by atoms with Crippen molar-refractivity contribution in [1.29, 1.82) is 0 Å². The van der Waals surface area contributed by atoms with Crippen LogP contribution >= 0.6 is 0 Å². The van der Waals surface area contributed by atoms with Gasteiger partial charge in [-0.3, -0.25) is 4.79 Å².